The molecule has 0 radical (unpaired) electrons. The van der Waals surface area contributed by atoms with Crippen LogP contribution in [0.25, 0.3) is 0 Å². The van der Waals surface area contributed by atoms with E-state index in [1.54, 1.807) is 0 Å². The van der Waals surface area contributed by atoms with Crippen LogP contribution in [0.15, 0.2) is 41.8 Å². The average Bonchev–Trinajstić information content (AvgIpc) is 2.99. The topological polar surface area (TPSA) is 20.3 Å². The quantitative estimate of drug-likeness (QED) is 0.696. The summed E-state index contributed by atoms with van der Waals surface area (Å²) in [7, 11) is 0. The van der Waals surface area contributed by atoms with Crippen LogP contribution >= 0.6 is 11.3 Å². The van der Waals surface area contributed by atoms with Gasteiger partial charge in [-0.15, -0.1) is 11.3 Å². The number of rotatable bonds is 7. The molecule has 106 valence electrons. The summed E-state index contributed by atoms with van der Waals surface area (Å²) in [6, 6.07) is 12.3. The molecule has 0 atom stereocenters. The minimum absolute atomic E-state index is 0.265. The molecule has 1 aromatic carbocycles. The average molecular weight is 287 g/mol. The third kappa shape index (κ3) is 3.70. The Labute approximate surface area is 125 Å². The molecule has 0 spiro atoms. The lowest BCUT2D eigenvalue weighted by atomic mass is 10.1. The largest absolute Gasteiger partial charge is 0.372 e. The zero-order valence-corrected chi connectivity index (χ0v) is 13.0. The first-order valence-electron chi connectivity index (χ1n) is 7.09. The van der Waals surface area contributed by atoms with E-state index in [0.29, 0.717) is 6.42 Å². The fourth-order valence-electron chi connectivity index (χ4n) is 2.36. The first-order chi connectivity index (χ1) is 9.72. The Kier molecular flexibility index (Phi) is 5.36. The first kappa shape index (κ1) is 14.8. The van der Waals surface area contributed by atoms with Crippen LogP contribution in [-0.2, 0) is 0 Å². The van der Waals surface area contributed by atoms with Crippen molar-refractivity contribution in [2.75, 3.05) is 18.0 Å². The predicted octanol–water partition coefficient (Wildman–Crippen LogP) is 4.55. The molecule has 1 heterocycles. The van der Waals surface area contributed by atoms with Gasteiger partial charge < -0.3 is 4.90 Å². The molecule has 2 nitrogen and oxygen atoms in total. The number of carbonyl (C=O) groups is 1. The minimum Gasteiger partial charge on any atom is -0.372 e. The van der Waals surface area contributed by atoms with Crippen LogP contribution in [0, 0.1) is 6.92 Å². The fourth-order valence-corrected chi connectivity index (χ4v) is 3.05. The van der Waals surface area contributed by atoms with E-state index in [9.17, 15) is 4.79 Å². The van der Waals surface area contributed by atoms with Crippen molar-refractivity contribution in [3.8, 4) is 0 Å². The Balaban J connectivity index is 1.89. The Morgan fingerprint density at radius 3 is 2.65 bits per heavy atom. The van der Waals surface area contributed by atoms with Gasteiger partial charge in [0.1, 0.15) is 0 Å². The van der Waals surface area contributed by atoms with Crippen molar-refractivity contribution in [3.05, 3.63) is 52.2 Å². The van der Waals surface area contributed by atoms with Crippen LogP contribution < -0.4 is 4.90 Å². The van der Waals surface area contributed by atoms with Crippen LogP contribution in [0.1, 0.15) is 35.0 Å². The highest BCUT2D eigenvalue weighted by Crippen LogP contribution is 2.20. The summed E-state index contributed by atoms with van der Waals surface area (Å²) >= 11 is 1.53. The van der Waals surface area contributed by atoms with Crippen molar-refractivity contribution in [2.45, 2.75) is 26.7 Å². The van der Waals surface area contributed by atoms with Gasteiger partial charge in [0.25, 0.3) is 0 Å². The highest BCUT2D eigenvalue weighted by molar-refractivity contribution is 7.12. The lowest BCUT2D eigenvalue weighted by Gasteiger charge is -2.24. The van der Waals surface area contributed by atoms with Crippen molar-refractivity contribution in [3.63, 3.8) is 0 Å². The van der Waals surface area contributed by atoms with Gasteiger partial charge in [-0.25, -0.2) is 0 Å². The molecule has 0 aliphatic carbocycles. The second-order valence-corrected chi connectivity index (χ2v) is 5.82. The molecule has 0 saturated heterocycles. The summed E-state index contributed by atoms with van der Waals surface area (Å²) in [6.45, 7) is 6.19. The Hall–Kier alpha value is -1.61. The molecule has 0 amide bonds. The Bertz CT molecular complexity index is 548. The maximum absolute atomic E-state index is 12.0. The standard InChI is InChI=1S/C17H21NOS/c1-3-18(15-9-5-4-8-14(15)2)12-6-10-16(19)17-11-7-13-20-17/h4-5,7-9,11,13H,3,6,10,12H2,1-2H3. The number of para-hydroxylation sites is 1. The van der Waals surface area contributed by atoms with Gasteiger partial charge in [0, 0.05) is 25.2 Å². The highest BCUT2D eigenvalue weighted by Gasteiger charge is 2.10. The fraction of sp³-hybridized carbons (Fsp3) is 0.353. The number of benzene rings is 1. The molecule has 2 rings (SSSR count). The predicted molar refractivity (Wildman–Crippen MR) is 86.9 cm³/mol. The van der Waals surface area contributed by atoms with Crippen LogP contribution in [0.2, 0.25) is 0 Å². The van der Waals surface area contributed by atoms with E-state index >= 15 is 0 Å². The number of nitrogens with zero attached hydrogens (tertiary/aromatic N) is 1. The lowest BCUT2D eigenvalue weighted by molar-refractivity contribution is 0.0984. The molecule has 0 aliphatic heterocycles. The number of hydrogen-bond acceptors (Lipinski definition) is 3. The van der Waals surface area contributed by atoms with Crippen molar-refractivity contribution in [2.24, 2.45) is 0 Å². The van der Waals surface area contributed by atoms with Gasteiger partial charge in [-0.05, 0) is 43.3 Å². The number of anilines is 1. The molecule has 0 saturated carbocycles. The normalized spacial score (nSPS) is 10.5. The van der Waals surface area contributed by atoms with Crippen molar-refractivity contribution < 1.29 is 4.79 Å². The van der Waals surface area contributed by atoms with E-state index in [2.05, 4.69) is 43.0 Å². The maximum atomic E-state index is 12.0. The summed E-state index contributed by atoms with van der Waals surface area (Å²) < 4.78 is 0. The Morgan fingerprint density at radius 1 is 1.20 bits per heavy atom. The van der Waals surface area contributed by atoms with E-state index < -0.39 is 0 Å². The molecule has 0 unspecified atom stereocenters. The third-order valence-corrected chi connectivity index (χ3v) is 4.38. The zero-order chi connectivity index (χ0) is 14.4. The number of thiophene rings is 1. The molecule has 0 fully saturated rings. The van der Waals surface area contributed by atoms with E-state index in [4.69, 9.17) is 0 Å². The summed E-state index contributed by atoms with van der Waals surface area (Å²) in [4.78, 5) is 15.2. The van der Waals surface area contributed by atoms with Crippen LogP contribution in [-0.4, -0.2) is 18.9 Å². The number of hydrogen-bond donors (Lipinski definition) is 0. The molecule has 3 heteroatoms. The van der Waals surface area contributed by atoms with Gasteiger partial charge in [-0.2, -0.15) is 0 Å². The van der Waals surface area contributed by atoms with Gasteiger partial charge in [-0.1, -0.05) is 24.3 Å². The molecule has 1 aromatic heterocycles. The zero-order valence-electron chi connectivity index (χ0n) is 12.1. The highest BCUT2D eigenvalue weighted by atomic mass is 32.1. The molecule has 0 aliphatic rings. The van der Waals surface area contributed by atoms with Crippen LogP contribution in [0.5, 0.6) is 0 Å². The molecule has 20 heavy (non-hydrogen) atoms. The number of aryl methyl sites for hydroxylation is 1. The third-order valence-electron chi connectivity index (χ3n) is 3.47. The van der Waals surface area contributed by atoms with E-state index in [0.717, 1.165) is 24.4 Å². The smallest absolute Gasteiger partial charge is 0.172 e. The summed E-state index contributed by atoms with van der Waals surface area (Å²) in [6.07, 6.45) is 1.53. The van der Waals surface area contributed by atoms with Crippen LogP contribution in [0.3, 0.4) is 0 Å². The second kappa shape index (κ2) is 7.25. The molecule has 2 aromatic rings. The number of Topliss-reactive ketones (excluding diaryl/α,β-unsaturated/α-hetero) is 1. The Morgan fingerprint density at radius 2 is 2.00 bits per heavy atom. The maximum Gasteiger partial charge on any atom is 0.172 e. The monoisotopic (exact) mass is 287 g/mol. The number of ketones is 1. The lowest BCUT2D eigenvalue weighted by Crippen LogP contribution is -2.25. The van der Waals surface area contributed by atoms with Crippen molar-refractivity contribution in [1.29, 1.82) is 0 Å². The minimum atomic E-state index is 0.265. The van der Waals surface area contributed by atoms with Gasteiger partial charge in [0.15, 0.2) is 5.78 Å². The SMILES string of the molecule is CCN(CCCC(=O)c1cccs1)c1ccccc1C. The first-order valence-corrected chi connectivity index (χ1v) is 7.97. The number of carbonyl (C=O) groups excluding carboxylic acids is 1. The van der Waals surface area contributed by atoms with Gasteiger partial charge in [-0.3, -0.25) is 4.79 Å². The van der Waals surface area contributed by atoms with E-state index in [1.165, 1.54) is 22.6 Å². The van der Waals surface area contributed by atoms with Crippen molar-refractivity contribution >= 4 is 22.8 Å². The van der Waals surface area contributed by atoms with E-state index in [-0.39, 0.29) is 5.78 Å². The van der Waals surface area contributed by atoms with Gasteiger partial charge in [0.05, 0.1) is 4.88 Å². The summed E-state index contributed by atoms with van der Waals surface area (Å²) in [5.74, 6) is 0.265. The summed E-state index contributed by atoms with van der Waals surface area (Å²) in [5.41, 5.74) is 2.57. The van der Waals surface area contributed by atoms with Gasteiger partial charge in [0.2, 0.25) is 0 Å². The molecule has 0 N–H and O–H groups in total. The van der Waals surface area contributed by atoms with E-state index in [1.807, 2.05) is 17.5 Å². The van der Waals surface area contributed by atoms with Crippen molar-refractivity contribution in [1.82, 2.24) is 0 Å². The summed E-state index contributed by atoms with van der Waals surface area (Å²) in [5, 5.41) is 1.96. The molecular formula is C17H21NOS. The van der Waals surface area contributed by atoms with Crippen LogP contribution in [0.4, 0.5) is 5.69 Å². The van der Waals surface area contributed by atoms with Gasteiger partial charge >= 0.3 is 0 Å². The molecule has 0 bridgehead atoms. The molecular weight excluding hydrogens is 266 g/mol. The second-order valence-electron chi connectivity index (χ2n) is 4.87.